The molecular weight excluding hydrogens is 320 g/mol. The van der Waals surface area contributed by atoms with Gasteiger partial charge in [-0.15, -0.1) is 0 Å². The van der Waals surface area contributed by atoms with Gasteiger partial charge < -0.3 is 9.63 Å². The van der Waals surface area contributed by atoms with Crippen LogP contribution < -0.4 is 0 Å². The van der Waals surface area contributed by atoms with E-state index in [0.29, 0.717) is 23.7 Å². The van der Waals surface area contributed by atoms with Crippen LogP contribution in [0.3, 0.4) is 0 Å². The van der Waals surface area contributed by atoms with E-state index < -0.39 is 17.4 Å². The summed E-state index contributed by atoms with van der Waals surface area (Å²) in [5, 5.41) is 22.7. The van der Waals surface area contributed by atoms with Crippen LogP contribution in [-0.2, 0) is 23.2 Å². The van der Waals surface area contributed by atoms with E-state index >= 15 is 0 Å². The van der Waals surface area contributed by atoms with Crippen molar-refractivity contribution in [2.24, 2.45) is 0 Å². The molecule has 0 amide bonds. The number of benzene rings is 1. The molecule has 0 fully saturated rings. The maximum Gasteiger partial charge on any atom is 0.325 e. The van der Waals surface area contributed by atoms with Gasteiger partial charge in [0.2, 0.25) is 5.89 Å². The van der Waals surface area contributed by atoms with Gasteiger partial charge >= 0.3 is 5.97 Å². The van der Waals surface area contributed by atoms with E-state index in [9.17, 15) is 15.2 Å². The van der Waals surface area contributed by atoms with Crippen LogP contribution in [-0.4, -0.2) is 33.2 Å². The molecule has 1 heterocycles. The Hall–Kier alpha value is -2.72. The first-order chi connectivity index (χ1) is 11.8. The van der Waals surface area contributed by atoms with E-state index in [1.165, 1.54) is 0 Å². The van der Waals surface area contributed by atoms with Crippen molar-refractivity contribution in [2.45, 2.75) is 45.2 Å². The summed E-state index contributed by atoms with van der Waals surface area (Å²) in [7, 11) is 1.70. The number of carboxylic acid groups (broad SMARTS) is 1. The molecule has 0 bridgehead atoms. The highest BCUT2D eigenvalue weighted by atomic mass is 16.5. The highest BCUT2D eigenvalue weighted by Gasteiger charge is 2.27. The third-order valence-electron chi connectivity index (χ3n) is 4.11. The second-order valence-corrected chi connectivity index (χ2v) is 6.47. The molecule has 1 N–H and O–H groups in total. The molecule has 0 aliphatic heterocycles. The molecule has 7 heteroatoms. The Morgan fingerprint density at radius 1 is 1.40 bits per heavy atom. The maximum absolute atomic E-state index is 11.8. The zero-order valence-electron chi connectivity index (χ0n) is 14.9. The standard InChI is InChI=1S/C18H22N4O3/c1-5-15-20-14(21-25-15)10-22(4)16(17(23)24)12-6-8-13(9-7-12)18(2,3)11-19/h6-9,16H,5,10H2,1-4H3,(H,23,24). The molecule has 2 rings (SSSR count). The predicted octanol–water partition coefficient (Wildman–Crippen LogP) is 2.69. The largest absolute Gasteiger partial charge is 0.480 e. The summed E-state index contributed by atoms with van der Waals surface area (Å²) in [4.78, 5) is 17.6. The lowest BCUT2D eigenvalue weighted by Crippen LogP contribution is -2.31. The number of nitrogens with zero attached hydrogens (tertiary/aromatic N) is 4. The highest BCUT2D eigenvalue weighted by molar-refractivity contribution is 5.75. The Kier molecular flexibility index (Phi) is 5.55. The average Bonchev–Trinajstić information content (AvgIpc) is 3.02. The van der Waals surface area contributed by atoms with E-state index in [4.69, 9.17) is 4.52 Å². The number of rotatable bonds is 7. The van der Waals surface area contributed by atoms with Crippen molar-refractivity contribution in [1.82, 2.24) is 15.0 Å². The van der Waals surface area contributed by atoms with Crippen molar-refractivity contribution in [3.63, 3.8) is 0 Å². The van der Waals surface area contributed by atoms with Crippen LogP contribution in [0.1, 0.15) is 49.7 Å². The summed E-state index contributed by atoms with van der Waals surface area (Å²) in [5.74, 6) is 0.0141. The SMILES string of the molecule is CCc1nc(CN(C)C(C(=O)O)c2ccc(C(C)(C)C#N)cc2)no1. The number of hydrogen-bond acceptors (Lipinski definition) is 6. The first-order valence-electron chi connectivity index (χ1n) is 8.04. The molecule has 1 aromatic carbocycles. The van der Waals surface area contributed by atoms with Crippen molar-refractivity contribution < 1.29 is 14.4 Å². The predicted molar refractivity (Wildman–Crippen MR) is 90.6 cm³/mol. The van der Waals surface area contributed by atoms with Gasteiger partial charge in [-0.25, -0.2) is 0 Å². The molecule has 2 aromatic rings. The van der Waals surface area contributed by atoms with Crippen molar-refractivity contribution in [2.75, 3.05) is 7.05 Å². The quantitative estimate of drug-likeness (QED) is 0.825. The zero-order chi connectivity index (χ0) is 18.6. The fourth-order valence-electron chi connectivity index (χ4n) is 2.54. The van der Waals surface area contributed by atoms with E-state index in [-0.39, 0.29) is 6.54 Å². The number of carboxylic acids is 1. The summed E-state index contributed by atoms with van der Waals surface area (Å²) in [6.45, 7) is 5.81. The number of carbonyl (C=O) groups is 1. The number of likely N-dealkylation sites (N-methyl/N-ethyl adjacent to an activating group) is 1. The first kappa shape index (κ1) is 18.6. The van der Waals surface area contributed by atoms with Gasteiger partial charge in [-0.2, -0.15) is 10.2 Å². The van der Waals surface area contributed by atoms with Crippen molar-refractivity contribution in [3.05, 3.63) is 47.1 Å². The smallest absolute Gasteiger partial charge is 0.325 e. The fraction of sp³-hybridized carbons (Fsp3) is 0.444. The summed E-state index contributed by atoms with van der Waals surface area (Å²) in [6, 6.07) is 8.48. The van der Waals surface area contributed by atoms with Gasteiger partial charge in [0.1, 0.15) is 6.04 Å². The van der Waals surface area contributed by atoms with Crippen LogP contribution in [0.5, 0.6) is 0 Å². The summed E-state index contributed by atoms with van der Waals surface area (Å²) in [5.41, 5.74) is 0.854. The minimum Gasteiger partial charge on any atom is -0.480 e. The van der Waals surface area contributed by atoms with E-state index in [0.717, 1.165) is 5.56 Å². The highest BCUT2D eigenvalue weighted by Crippen LogP contribution is 2.26. The Labute approximate surface area is 146 Å². The normalized spacial score (nSPS) is 12.8. The molecule has 7 nitrogen and oxygen atoms in total. The molecule has 0 saturated heterocycles. The average molecular weight is 342 g/mol. The zero-order valence-corrected chi connectivity index (χ0v) is 14.9. The summed E-state index contributed by atoms with van der Waals surface area (Å²) < 4.78 is 5.06. The Morgan fingerprint density at radius 2 is 2.04 bits per heavy atom. The third kappa shape index (κ3) is 4.22. The minimum atomic E-state index is -0.964. The Balaban J connectivity index is 2.22. The first-order valence-corrected chi connectivity index (χ1v) is 8.04. The monoisotopic (exact) mass is 342 g/mol. The van der Waals surface area contributed by atoms with Crippen LogP contribution in [0.25, 0.3) is 0 Å². The van der Waals surface area contributed by atoms with Gasteiger partial charge in [0, 0.05) is 6.42 Å². The molecule has 0 spiro atoms. The number of aromatic nitrogens is 2. The third-order valence-corrected chi connectivity index (χ3v) is 4.11. The van der Waals surface area contributed by atoms with Crippen LogP contribution in [0.4, 0.5) is 0 Å². The maximum atomic E-state index is 11.8. The minimum absolute atomic E-state index is 0.256. The number of aryl methyl sites for hydroxylation is 1. The fourth-order valence-corrected chi connectivity index (χ4v) is 2.54. The lowest BCUT2D eigenvalue weighted by Gasteiger charge is -2.24. The lowest BCUT2D eigenvalue weighted by atomic mass is 9.85. The number of hydrogen-bond donors (Lipinski definition) is 1. The van der Waals surface area contributed by atoms with Crippen molar-refractivity contribution in [3.8, 4) is 6.07 Å². The van der Waals surface area contributed by atoms with Crippen LogP contribution in [0.15, 0.2) is 28.8 Å². The van der Waals surface area contributed by atoms with E-state index in [1.807, 2.05) is 20.8 Å². The Bertz CT molecular complexity index is 774. The van der Waals surface area contributed by atoms with E-state index in [1.54, 1.807) is 36.2 Å². The number of aliphatic carboxylic acids is 1. The lowest BCUT2D eigenvalue weighted by molar-refractivity contribution is -0.143. The molecule has 132 valence electrons. The summed E-state index contributed by atoms with van der Waals surface area (Å²) >= 11 is 0. The molecule has 0 aliphatic carbocycles. The number of nitriles is 1. The second kappa shape index (κ2) is 7.45. The second-order valence-electron chi connectivity index (χ2n) is 6.47. The van der Waals surface area contributed by atoms with E-state index in [2.05, 4.69) is 16.2 Å². The van der Waals surface area contributed by atoms with Crippen molar-refractivity contribution >= 4 is 5.97 Å². The molecule has 1 aromatic heterocycles. The molecule has 1 unspecified atom stereocenters. The summed E-state index contributed by atoms with van der Waals surface area (Å²) in [6.07, 6.45) is 0.634. The van der Waals surface area contributed by atoms with Gasteiger partial charge in [-0.1, -0.05) is 36.3 Å². The molecule has 0 aliphatic rings. The molecule has 1 atom stereocenters. The van der Waals surface area contributed by atoms with Crippen LogP contribution in [0, 0.1) is 11.3 Å². The van der Waals surface area contributed by atoms with Gasteiger partial charge in [0.05, 0.1) is 18.0 Å². The molecule has 25 heavy (non-hydrogen) atoms. The molecule has 0 saturated carbocycles. The van der Waals surface area contributed by atoms with Gasteiger partial charge in [0.25, 0.3) is 0 Å². The molecule has 0 radical (unpaired) electrons. The van der Waals surface area contributed by atoms with Gasteiger partial charge in [-0.3, -0.25) is 9.69 Å². The van der Waals surface area contributed by atoms with Crippen LogP contribution in [0.2, 0.25) is 0 Å². The topological polar surface area (TPSA) is 103 Å². The van der Waals surface area contributed by atoms with Gasteiger partial charge in [0.15, 0.2) is 5.82 Å². The van der Waals surface area contributed by atoms with Crippen molar-refractivity contribution in [1.29, 1.82) is 5.26 Å². The van der Waals surface area contributed by atoms with Gasteiger partial charge in [-0.05, 0) is 32.0 Å². The molecular formula is C18H22N4O3. The van der Waals surface area contributed by atoms with Crippen LogP contribution >= 0.6 is 0 Å². The Morgan fingerprint density at radius 3 is 2.52 bits per heavy atom.